The molecule has 35 heavy (non-hydrogen) atoms. The van der Waals surface area contributed by atoms with Gasteiger partial charge in [-0.05, 0) is 0 Å². The minimum absolute atomic E-state index is 0.282. The molecular weight excluding hydrogens is 526 g/mol. The van der Waals surface area contributed by atoms with Gasteiger partial charge in [-0.2, -0.15) is 0 Å². The van der Waals surface area contributed by atoms with Crippen LogP contribution >= 0.6 is 18.5 Å². The second-order valence-electron chi connectivity index (χ2n) is 19.1. The van der Waals surface area contributed by atoms with E-state index in [0.29, 0.717) is 21.8 Å². The van der Waals surface area contributed by atoms with Crippen LogP contribution in [0.15, 0.2) is 0 Å². The molecule has 4 nitrogen and oxygen atoms in total. The predicted octanol–water partition coefficient (Wildman–Crippen LogP) is 4.39. The van der Waals surface area contributed by atoms with Crippen LogP contribution in [-0.2, 0) is 6.51 Å². The van der Waals surface area contributed by atoms with Crippen LogP contribution in [0.1, 0.15) is 20.8 Å². The van der Waals surface area contributed by atoms with Crippen LogP contribution in [0.5, 0.6) is 0 Å². The molecule has 12 rings (SSSR count). The summed E-state index contributed by atoms with van der Waals surface area (Å²) in [5.74, 6) is 0. The van der Waals surface area contributed by atoms with E-state index in [1.807, 2.05) is 0 Å². The van der Waals surface area contributed by atoms with Gasteiger partial charge in [0, 0.05) is 0 Å². The predicted molar refractivity (Wildman–Crippen MR) is 152 cm³/mol. The second kappa shape index (κ2) is 2.76. The Bertz CT molecular complexity index is 1550. The van der Waals surface area contributed by atoms with Gasteiger partial charge in [0.15, 0.2) is 0 Å². The third-order valence-corrected chi connectivity index (χ3v) is 78.3. The van der Waals surface area contributed by atoms with E-state index in [9.17, 15) is 0 Å². The Morgan fingerprint density at radius 1 is 0.829 bits per heavy atom. The van der Waals surface area contributed by atoms with Gasteiger partial charge in [0.05, 0.1) is 0 Å². The van der Waals surface area contributed by atoms with Gasteiger partial charge in [-0.15, -0.1) is 0 Å². The van der Waals surface area contributed by atoms with Crippen molar-refractivity contribution in [2.24, 2.45) is 5.41 Å². The van der Waals surface area contributed by atoms with Crippen molar-refractivity contribution in [3.8, 4) is 0 Å². The molecule has 12 aliphatic heterocycles. The van der Waals surface area contributed by atoms with Crippen LogP contribution in [0.3, 0.4) is 0 Å². The summed E-state index contributed by atoms with van der Waals surface area (Å²) < 4.78 is 3.14. The summed E-state index contributed by atoms with van der Waals surface area (Å²) in [5, 5.41) is 16.5. The van der Waals surface area contributed by atoms with E-state index < -0.39 is 14.6 Å². The average molecular weight is 575 g/mol. The van der Waals surface area contributed by atoms with Gasteiger partial charge in [-0.3, -0.25) is 0 Å². The first-order valence-electron chi connectivity index (χ1n) is 14.8. The van der Waals surface area contributed by atoms with E-state index in [0.717, 1.165) is 38.7 Å². The molecule has 198 valence electrons. The van der Waals surface area contributed by atoms with Crippen molar-refractivity contribution in [3.63, 3.8) is 0 Å². The molecule has 4 N–H and O–H groups in total. The normalized spacial score (nSPS) is 82.9. The third-order valence-electron chi connectivity index (χ3n) is 21.7. The number of piperazine rings is 2. The van der Waals surface area contributed by atoms with Crippen LogP contribution in [-0.4, -0.2) is 70.7 Å². The molecular formula is C27H48FeN4P2Si. The van der Waals surface area contributed by atoms with Crippen molar-refractivity contribution in [2.45, 2.75) is 103 Å². The zero-order chi connectivity index (χ0) is 24.2. The van der Waals surface area contributed by atoms with Crippen LogP contribution in [0.25, 0.3) is 0 Å². The fraction of sp³-hybridized carbons (Fsp3) is 1.00. The summed E-state index contributed by atoms with van der Waals surface area (Å²) in [6.45, 7) is 19.8. The van der Waals surface area contributed by atoms with Crippen molar-refractivity contribution in [1.82, 2.24) is 21.3 Å². The molecule has 0 aliphatic carbocycles. The maximum atomic E-state index is 4.23. The van der Waals surface area contributed by atoms with Crippen LogP contribution < -0.4 is 21.3 Å². The van der Waals surface area contributed by atoms with Gasteiger partial charge in [0.25, 0.3) is 0 Å². The number of hydrogen-bond donors (Lipinski definition) is 4. The van der Waals surface area contributed by atoms with Crippen molar-refractivity contribution < 1.29 is 6.51 Å². The van der Waals surface area contributed by atoms with Crippen molar-refractivity contribution >= 4 is 26.6 Å². The van der Waals surface area contributed by atoms with E-state index in [1.165, 1.54) is 48.1 Å². The minimum atomic E-state index is -4.12. The monoisotopic (exact) mass is 574 g/mol. The van der Waals surface area contributed by atoms with E-state index in [-0.39, 0.29) is 5.16 Å². The molecule has 12 saturated heterocycles. The molecule has 12 fully saturated rings. The molecule has 0 radical (unpaired) electrons. The quantitative estimate of drug-likeness (QED) is 0.291. The van der Waals surface area contributed by atoms with E-state index >= 15 is 0 Å². The molecule has 12 aliphatic rings. The molecule has 12 heterocycles. The fourth-order valence-corrected chi connectivity index (χ4v) is 145. The Morgan fingerprint density at radius 3 is 1.63 bits per heavy atom. The molecule has 0 aromatic rings. The molecule has 9 atom stereocenters. The number of rotatable bonds is 5. The van der Waals surface area contributed by atoms with Gasteiger partial charge in [0.2, 0.25) is 0 Å². The van der Waals surface area contributed by atoms with Gasteiger partial charge in [-0.1, -0.05) is 0 Å². The van der Waals surface area contributed by atoms with Crippen molar-refractivity contribution in [3.05, 3.63) is 0 Å². The Labute approximate surface area is 207 Å². The SMILES string of the molecule is CC(C)(C)[C]12[C]3(C(P)(C4CNCCN4)C4CNCCN4)[C]4(CP)[CH]5[C]1([Si](C)(C)C)[Fe]54321678[CH]2[CH]1[CH]6[CH]7[CH]28. The summed E-state index contributed by atoms with van der Waals surface area (Å²) in [4.78, 5) is 7.75. The van der Waals surface area contributed by atoms with E-state index in [2.05, 4.69) is 80.2 Å². The Kier molecular flexibility index (Phi) is 1.60. The summed E-state index contributed by atoms with van der Waals surface area (Å²) >= 11 is 0. The average Bonchev–Trinajstić information content (AvgIpc) is 3.77. The van der Waals surface area contributed by atoms with Crippen LogP contribution in [0, 0.1) is 5.41 Å². The summed E-state index contributed by atoms with van der Waals surface area (Å²) in [7, 11) is 5.97. The standard InChI is InChI=1S/C22H43N4P2Si.C5H5.Fe/c1-21(2,3)20-16(29(4,5)6)11-15(14-27)19(20)22(28,17-12-23-7-9-25-17)18-13-24-8-10-26-18;1-2-4-5-3-1;/h11,17-18,23-26H,7-10,12-14,27-28H2,1-6H3;1-5H;. The Morgan fingerprint density at radius 2 is 1.31 bits per heavy atom. The first-order valence-corrected chi connectivity index (χ1v) is 25.7. The maximum absolute atomic E-state index is 4.23. The van der Waals surface area contributed by atoms with Crippen LogP contribution in [0.2, 0.25) is 65.4 Å². The molecule has 0 bridgehead atoms. The van der Waals surface area contributed by atoms with Crippen LogP contribution in [0.4, 0.5) is 0 Å². The van der Waals surface area contributed by atoms with Crippen molar-refractivity contribution in [1.29, 1.82) is 0 Å². The van der Waals surface area contributed by atoms with Gasteiger partial charge in [0.1, 0.15) is 0 Å². The van der Waals surface area contributed by atoms with Gasteiger partial charge < -0.3 is 0 Å². The Hall–Kier alpha value is 1.44. The van der Waals surface area contributed by atoms with Crippen molar-refractivity contribution in [2.75, 3.05) is 45.4 Å². The topological polar surface area (TPSA) is 48.1 Å². The number of fused-ring (bicyclic) bond motifs is 10. The van der Waals surface area contributed by atoms with E-state index in [4.69, 9.17) is 0 Å². The molecule has 1 spiro atoms. The first kappa shape index (κ1) is 20.3. The molecule has 0 saturated carbocycles. The molecule has 0 aromatic heterocycles. The van der Waals surface area contributed by atoms with Gasteiger partial charge in [-0.25, -0.2) is 0 Å². The third kappa shape index (κ3) is 0.401. The van der Waals surface area contributed by atoms with E-state index in [1.54, 1.807) is 0 Å². The number of hydrogen-bond acceptors (Lipinski definition) is 4. The summed E-state index contributed by atoms with van der Waals surface area (Å²) in [6, 6.07) is 1.18. The van der Waals surface area contributed by atoms with Gasteiger partial charge >= 0.3 is 209 Å². The molecule has 0 aromatic carbocycles. The number of nitrogens with one attached hydrogen (secondary N) is 4. The Balaban J connectivity index is 1.28. The fourth-order valence-electron chi connectivity index (χ4n) is 26.8. The zero-order valence-corrected chi connectivity index (χ0v) is 27.0. The molecule has 8 heteroatoms. The first-order chi connectivity index (χ1) is 16.2. The summed E-state index contributed by atoms with van der Waals surface area (Å²) in [6.07, 6.45) is 1.48. The zero-order valence-electron chi connectivity index (χ0n) is 22.6. The summed E-state index contributed by atoms with van der Waals surface area (Å²) in [5.41, 5.74) is 0.464. The second-order valence-corrected chi connectivity index (χ2v) is 48.9. The molecule has 0 amide bonds. The molecule has 9 unspecified atom stereocenters.